The molecule has 1 unspecified atom stereocenters. The normalized spacial score (nSPS) is 14.8. The van der Waals surface area contributed by atoms with Crippen molar-refractivity contribution < 1.29 is 19.0 Å². The smallest absolute Gasteiger partial charge is 0.159 e. The Morgan fingerprint density at radius 2 is 2.00 bits per heavy atom. The fraction of sp³-hybridized carbons (Fsp3) is 0.538. The predicted molar refractivity (Wildman–Crippen MR) is 68.2 cm³/mol. The van der Waals surface area contributed by atoms with Crippen molar-refractivity contribution in [2.24, 2.45) is 0 Å². The molecule has 5 heteroatoms. The predicted octanol–water partition coefficient (Wildman–Crippen LogP) is 2.78. The summed E-state index contributed by atoms with van der Waals surface area (Å²) >= 11 is 5.85. The maximum atomic E-state index is 13.3. The van der Waals surface area contributed by atoms with Crippen LogP contribution >= 0.6 is 11.6 Å². The number of halogens is 2. The van der Waals surface area contributed by atoms with Crippen molar-refractivity contribution in [2.75, 3.05) is 14.2 Å². The summed E-state index contributed by atoms with van der Waals surface area (Å²) in [6.45, 7) is 1.64. The van der Waals surface area contributed by atoms with Crippen molar-refractivity contribution in [1.82, 2.24) is 0 Å². The molecule has 0 aliphatic rings. The highest BCUT2D eigenvalue weighted by Gasteiger charge is 2.27. The number of ether oxygens (including phenoxy) is 2. The molecule has 0 aliphatic heterocycles. The van der Waals surface area contributed by atoms with Gasteiger partial charge in [0.25, 0.3) is 0 Å². The molecule has 0 heterocycles. The molecule has 0 fully saturated rings. The van der Waals surface area contributed by atoms with Crippen LogP contribution in [0, 0.1) is 5.82 Å². The number of rotatable bonds is 6. The Labute approximate surface area is 111 Å². The van der Waals surface area contributed by atoms with E-state index >= 15 is 0 Å². The van der Waals surface area contributed by atoms with Gasteiger partial charge in [-0.05, 0) is 18.6 Å². The van der Waals surface area contributed by atoms with Crippen LogP contribution in [-0.2, 0) is 15.9 Å². The van der Waals surface area contributed by atoms with E-state index in [0.29, 0.717) is 5.56 Å². The highest BCUT2D eigenvalue weighted by Crippen LogP contribution is 2.26. The van der Waals surface area contributed by atoms with Crippen LogP contribution in [0.25, 0.3) is 0 Å². The SMILES string of the molecule is COC(CC(C)(O)Cc1cccc(F)c1Cl)OC. The van der Waals surface area contributed by atoms with Crippen LogP contribution < -0.4 is 0 Å². The van der Waals surface area contributed by atoms with Gasteiger partial charge in [0.15, 0.2) is 6.29 Å². The van der Waals surface area contributed by atoms with Gasteiger partial charge in [0.2, 0.25) is 0 Å². The maximum Gasteiger partial charge on any atom is 0.159 e. The molecule has 0 spiro atoms. The monoisotopic (exact) mass is 276 g/mol. The first kappa shape index (κ1) is 15.4. The van der Waals surface area contributed by atoms with Crippen LogP contribution in [-0.4, -0.2) is 31.2 Å². The molecule has 102 valence electrons. The molecule has 0 saturated heterocycles. The zero-order chi connectivity index (χ0) is 13.8. The molecule has 18 heavy (non-hydrogen) atoms. The Morgan fingerprint density at radius 1 is 1.39 bits per heavy atom. The number of aliphatic hydroxyl groups is 1. The second kappa shape index (κ2) is 6.48. The molecule has 0 saturated carbocycles. The molecule has 0 bridgehead atoms. The minimum absolute atomic E-state index is 0.0455. The van der Waals surface area contributed by atoms with Crippen molar-refractivity contribution in [2.45, 2.75) is 31.7 Å². The van der Waals surface area contributed by atoms with E-state index in [1.807, 2.05) is 0 Å². The molecular weight excluding hydrogens is 259 g/mol. The number of benzene rings is 1. The number of hydrogen-bond donors (Lipinski definition) is 1. The molecule has 0 radical (unpaired) electrons. The van der Waals surface area contributed by atoms with Gasteiger partial charge >= 0.3 is 0 Å². The van der Waals surface area contributed by atoms with Crippen molar-refractivity contribution in [3.8, 4) is 0 Å². The maximum absolute atomic E-state index is 13.3. The molecule has 1 aromatic carbocycles. The van der Waals surface area contributed by atoms with E-state index in [1.54, 1.807) is 19.1 Å². The van der Waals surface area contributed by atoms with Crippen LogP contribution in [0.15, 0.2) is 18.2 Å². The second-order valence-electron chi connectivity index (χ2n) is 4.49. The molecular formula is C13H18ClFO3. The second-order valence-corrected chi connectivity index (χ2v) is 4.87. The molecule has 0 amide bonds. The zero-order valence-corrected chi connectivity index (χ0v) is 11.5. The fourth-order valence-electron chi connectivity index (χ4n) is 1.79. The third-order valence-electron chi connectivity index (χ3n) is 2.74. The van der Waals surface area contributed by atoms with Crippen molar-refractivity contribution in [1.29, 1.82) is 0 Å². The lowest BCUT2D eigenvalue weighted by Gasteiger charge is -2.27. The zero-order valence-electron chi connectivity index (χ0n) is 10.7. The van der Waals surface area contributed by atoms with E-state index in [4.69, 9.17) is 21.1 Å². The van der Waals surface area contributed by atoms with Gasteiger partial charge < -0.3 is 14.6 Å². The average molecular weight is 277 g/mol. The summed E-state index contributed by atoms with van der Waals surface area (Å²) in [5.41, 5.74) is -0.527. The molecule has 3 nitrogen and oxygen atoms in total. The van der Waals surface area contributed by atoms with E-state index < -0.39 is 17.7 Å². The Bertz CT molecular complexity index is 392. The lowest BCUT2D eigenvalue weighted by molar-refractivity contribution is -0.139. The third kappa shape index (κ3) is 4.21. The Morgan fingerprint density at radius 3 is 2.56 bits per heavy atom. The topological polar surface area (TPSA) is 38.7 Å². The van der Waals surface area contributed by atoms with E-state index in [1.165, 1.54) is 20.3 Å². The van der Waals surface area contributed by atoms with Gasteiger partial charge in [0.1, 0.15) is 5.82 Å². The first-order chi connectivity index (χ1) is 8.39. The Balaban J connectivity index is 2.78. The molecule has 1 aromatic rings. The molecule has 0 aromatic heterocycles. The summed E-state index contributed by atoms with van der Waals surface area (Å²) in [5, 5.41) is 10.3. The van der Waals surface area contributed by atoms with E-state index in [2.05, 4.69) is 0 Å². The van der Waals surface area contributed by atoms with Gasteiger partial charge in [-0.25, -0.2) is 4.39 Å². The summed E-state index contributed by atoms with van der Waals surface area (Å²) in [4.78, 5) is 0. The van der Waals surface area contributed by atoms with Gasteiger partial charge in [-0.1, -0.05) is 23.7 Å². The summed E-state index contributed by atoms with van der Waals surface area (Å²) in [6.07, 6.45) is -0.00744. The molecule has 1 N–H and O–H groups in total. The standard InChI is InChI=1S/C13H18ClFO3/c1-13(16,8-11(17-2)18-3)7-9-5-4-6-10(15)12(9)14/h4-6,11,16H,7-8H2,1-3H3. The molecule has 1 rings (SSSR count). The number of hydrogen-bond acceptors (Lipinski definition) is 3. The van der Waals surface area contributed by atoms with E-state index in [9.17, 15) is 9.50 Å². The first-order valence-corrected chi connectivity index (χ1v) is 5.98. The fourth-order valence-corrected chi connectivity index (χ4v) is 1.98. The minimum atomic E-state index is -1.09. The van der Waals surface area contributed by atoms with Crippen LogP contribution in [0.5, 0.6) is 0 Å². The highest BCUT2D eigenvalue weighted by molar-refractivity contribution is 6.31. The van der Waals surface area contributed by atoms with E-state index in [-0.39, 0.29) is 17.9 Å². The van der Waals surface area contributed by atoms with Crippen LogP contribution in [0.2, 0.25) is 5.02 Å². The largest absolute Gasteiger partial charge is 0.390 e. The highest BCUT2D eigenvalue weighted by atomic mass is 35.5. The quantitative estimate of drug-likeness (QED) is 0.812. The van der Waals surface area contributed by atoms with Gasteiger partial charge in [-0.3, -0.25) is 0 Å². The van der Waals surface area contributed by atoms with Crippen molar-refractivity contribution >= 4 is 11.6 Å². The first-order valence-electron chi connectivity index (χ1n) is 5.60. The van der Waals surface area contributed by atoms with Gasteiger partial charge in [-0.2, -0.15) is 0 Å². The van der Waals surface area contributed by atoms with Gasteiger partial charge in [-0.15, -0.1) is 0 Å². The third-order valence-corrected chi connectivity index (χ3v) is 3.16. The summed E-state index contributed by atoms with van der Waals surface area (Å²) in [5.74, 6) is -0.486. The summed E-state index contributed by atoms with van der Waals surface area (Å²) in [6, 6.07) is 4.54. The molecule has 0 aliphatic carbocycles. The lowest BCUT2D eigenvalue weighted by atomic mass is 9.93. The lowest BCUT2D eigenvalue weighted by Crippen LogP contribution is -2.34. The molecule has 1 atom stereocenters. The average Bonchev–Trinajstić information content (AvgIpc) is 2.32. The summed E-state index contributed by atoms with van der Waals surface area (Å²) in [7, 11) is 3.00. The Hall–Kier alpha value is -0.680. The van der Waals surface area contributed by atoms with Crippen LogP contribution in [0.3, 0.4) is 0 Å². The Kier molecular flexibility index (Phi) is 5.53. The summed E-state index contributed by atoms with van der Waals surface area (Å²) < 4.78 is 23.4. The minimum Gasteiger partial charge on any atom is -0.390 e. The number of methoxy groups -OCH3 is 2. The van der Waals surface area contributed by atoms with Crippen LogP contribution in [0.1, 0.15) is 18.9 Å². The van der Waals surface area contributed by atoms with Gasteiger partial charge in [0, 0.05) is 27.1 Å². The van der Waals surface area contributed by atoms with Crippen LogP contribution in [0.4, 0.5) is 4.39 Å². The van der Waals surface area contributed by atoms with Crippen molar-refractivity contribution in [3.05, 3.63) is 34.6 Å². The van der Waals surface area contributed by atoms with Gasteiger partial charge in [0.05, 0.1) is 10.6 Å². The van der Waals surface area contributed by atoms with Crippen molar-refractivity contribution in [3.63, 3.8) is 0 Å². The van der Waals surface area contributed by atoms with E-state index in [0.717, 1.165) is 0 Å².